The third-order valence-electron chi connectivity index (χ3n) is 2.55. The smallest absolute Gasteiger partial charge is 0.412 e. The molecule has 1 atom stereocenters. The summed E-state index contributed by atoms with van der Waals surface area (Å²) in [5.74, 6) is 5.04. The molecule has 4 N–H and O–H groups in total. The van der Waals surface area contributed by atoms with Crippen molar-refractivity contribution in [3.63, 3.8) is 0 Å². The Morgan fingerprint density at radius 1 is 1.45 bits per heavy atom. The molecule has 6 nitrogen and oxygen atoms in total. The van der Waals surface area contributed by atoms with Crippen LogP contribution in [0.15, 0.2) is 18.2 Å². The molecule has 0 saturated carbocycles. The van der Waals surface area contributed by atoms with Gasteiger partial charge in [-0.05, 0) is 32.4 Å². The first kappa shape index (κ1) is 16.3. The minimum absolute atomic E-state index is 0.0458. The monoisotopic (exact) mass is 282 g/mol. The van der Waals surface area contributed by atoms with Crippen LogP contribution in [0.2, 0.25) is 0 Å². The van der Waals surface area contributed by atoms with Gasteiger partial charge in [-0.15, -0.1) is 0 Å². The summed E-state index contributed by atoms with van der Waals surface area (Å²) in [5.41, 5.74) is 0.588. The number of anilines is 1. The molecule has 1 aromatic carbocycles. The number of hydrogen-bond donors (Lipinski definition) is 3. The maximum atomic E-state index is 11.6. The molecule has 0 aliphatic heterocycles. The van der Waals surface area contributed by atoms with Crippen molar-refractivity contribution in [2.24, 2.45) is 5.90 Å². The second-order valence-corrected chi connectivity index (χ2v) is 5.63. The van der Waals surface area contributed by atoms with Crippen LogP contribution in [-0.2, 0) is 9.57 Å². The van der Waals surface area contributed by atoms with Crippen molar-refractivity contribution >= 4 is 11.8 Å². The molecule has 1 aromatic rings. The number of carbonyl (C=O) groups excluding carboxylic acids is 1. The first-order chi connectivity index (χ1) is 9.23. The molecule has 0 heterocycles. The van der Waals surface area contributed by atoms with Crippen LogP contribution < -0.4 is 11.2 Å². The maximum Gasteiger partial charge on any atom is 0.412 e. The molecule has 0 spiro atoms. The molecule has 0 fully saturated rings. The Labute approximate surface area is 118 Å². The van der Waals surface area contributed by atoms with E-state index < -0.39 is 11.7 Å². The largest absolute Gasteiger partial charge is 0.508 e. The highest BCUT2D eigenvalue weighted by Crippen LogP contribution is 2.28. The van der Waals surface area contributed by atoms with Crippen molar-refractivity contribution in [1.29, 1.82) is 0 Å². The molecular formula is C14H22N2O4. The molecule has 0 radical (unpaired) electrons. The van der Waals surface area contributed by atoms with Crippen LogP contribution in [0.1, 0.15) is 39.2 Å². The molecule has 1 rings (SSSR count). The third-order valence-corrected chi connectivity index (χ3v) is 2.55. The summed E-state index contributed by atoms with van der Waals surface area (Å²) in [4.78, 5) is 16.2. The number of nitrogens with one attached hydrogen (secondary N) is 1. The van der Waals surface area contributed by atoms with Gasteiger partial charge < -0.3 is 14.7 Å². The minimum Gasteiger partial charge on any atom is -0.508 e. The lowest BCUT2D eigenvalue weighted by Crippen LogP contribution is -2.27. The second-order valence-electron chi connectivity index (χ2n) is 5.63. The number of phenolic OH excluding ortho intramolecular Hbond substituents is 1. The molecule has 112 valence electrons. The first-order valence-electron chi connectivity index (χ1n) is 6.37. The van der Waals surface area contributed by atoms with Gasteiger partial charge in [0, 0.05) is 17.7 Å². The van der Waals surface area contributed by atoms with Gasteiger partial charge in [0.2, 0.25) is 0 Å². The van der Waals surface area contributed by atoms with Crippen molar-refractivity contribution < 1.29 is 19.5 Å². The standard InChI is InChI=1S/C14H22N2O4/c1-9(8-19-15)11-6-5-10(7-12(11)17)16-13(18)20-14(2,3)4/h5-7,9,17H,8,15H2,1-4H3,(H,16,18). The normalized spacial score (nSPS) is 12.8. The first-order valence-corrected chi connectivity index (χ1v) is 6.37. The summed E-state index contributed by atoms with van der Waals surface area (Å²) in [7, 11) is 0. The fourth-order valence-corrected chi connectivity index (χ4v) is 1.69. The fraction of sp³-hybridized carbons (Fsp3) is 0.500. The molecule has 1 amide bonds. The summed E-state index contributed by atoms with van der Waals surface area (Å²) in [6, 6.07) is 4.87. The van der Waals surface area contributed by atoms with Crippen LogP contribution in [0, 0.1) is 0 Å². The number of amides is 1. The highest BCUT2D eigenvalue weighted by molar-refractivity contribution is 5.85. The fourth-order valence-electron chi connectivity index (χ4n) is 1.69. The minimum atomic E-state index is -0.570. The molecule has 0 aromatic heterocycles. The maximum absolute atomic E-state index is 11.6. The van der Waals surface area contributed by atoms with E-state index in [-0.39, 0.29) is 11.7 Å². The van der Waals surface area contributed by atoms with E-state index in [1.807, 2.05) is 6.92 Å². The number of carbonyl (C=O) groups is 1. The van der Waals surface area contributed by atoms with Gasteiger partial charge in [-0.25, -0.2) is 10.7 Å². The van der Waals surface area contributed by atoms with Gasteiger partial charge in [0.1, 0.15) is 11.4 Å². The number of aromatic hydroxyl groups is 1. The Balaban J connectivity index is 2.75. The van der Waals surface area contributed by atoms with E-state index in [1.54, 1.807) is 32.9 Å². The number of benzene rings is 1. The molecule has 0 bridgehead atoms. The van der Waals surface area contributed by atoms with Gasteiger partial charge in [-0.1, -0.05) is 13.0 Å². The lowest BCUT2D eigenvalue weighted by molar-refractivity contribution is 0.0636. The zero-order valence-corrected chi connectivity index (χ0v) is 12.3. The van der Waals surface area contributed by atoms with Crippen molar-refractivity contribution in [1.82, 2.24) is 0 Å². The van der Waals surface area contributed by atoms with Crippen LogP contribution >= 0.6 is 0 Å². The molecule has 0 aliphatic rings. The van der Waals surface area contributed by atoms with Crippen LogP contribution in [0.3, 0.4) is 0 Å². The van der Waals surface area contributed by atoms with Crippen LogP contribution in [-0.4, -0.2) is 23.4 Å². The summed E-state index contributed by atoms with van der Waals surface area (Å²) in [6.07, 6.45) is -0.567. The zero-order chi connectivity index (χ0) is 15.3. The number of rotatable bonds is 4. The SMILES string of the molecule is CC(CON)c1ccc(NC(=O)OC(C)(C)C)cc1O. The van der Waals surface area contributed by atoms with Gasteiger partial charge in [0.05, 0.1) is 6.61 Å². The average molecular weight is 282 g/mol. The van der Waals surface area contributed by atoms with Crippen molar-refractivity contribution in [2.45, 2.75) is 39.2 Å². The molecule has 6 heteroatoms. The van der Waals surface area contributed by atoms with Gasteiger partial charge in [-0.2, -0.15) is 0 Å². The van der Waals surface area contributed by atoms with Gasteiger partial charge in [0.15, 0.2) is 0 Å². The highest BCUT2D eigenvalue weighted by Gasteiger charge is 2.17. The Morgan fingerprint density at radius 3 is 2.60 bits per heavy atom. The number of phenols is 1. The van der Waals surface area contributed by atoms with E-state index in [0.29, 0.717) is 17.9 Å². The van der Waals surface area contributed by atoms with E-state index >= 15 is 0 Å². The predicted molar refractivity (Wildman–Crippen MR) is 76.5 cm³/mol. The Bertz CT molecular complexity index is 469. The van der Waals surface area contributed by atoms with Crippen LogP contribution in [0.25, 0.3) is 0 Å². The van der Waals surface area contributed by atoms with Crippen molar-refractivity contribution in [2.75, 3.05) is 11.9 Å². The number of hydrogen-bond acceptors (Lipinski definition) is 5. The second kappa shape index (κ2) is 6.58. The summed E-state index contributed by atoms with van der Waals surface area (Å²) < 4.78 is 5.13. The lowest BCUT2D eigenvalue weighted by Gasteiger charge is -2.20. The molecule has 1 unspecified atom stereocenters. The van der Waals surface area contributed by atoms with Crippen LogP contribution in [0.5, 0.6) is 5.75 Å². The highest BCUT2D eigenvalue weighted by atomic mass is 16.6. The Kier molecular flexibility index (Phi) is 5.35. The van der Waals surface area contributed by atoms with Crippen molar-refractivity contribution in [3.05, 3.63) is 23.8 Å². The summed E-state index contributed by atoms with van der Waals surface area (Å²) >= 11 is 0. The summed E-state index contributed by atoms with van der Waals surface area (Å²) in [5, 5.41) is 12.5. The topological polar surface area (TPSA) is 93.8 Å². The number of ether oxygens (including phenoxy) is 1. The molecule has 0 aliphatic carbocycles. The van der Waals surface area contributed by atoms with Gasteiger partial charge in [0.25, 0.3) is 0 Å². The third kappa shape index (κ3) is 5.07. The predicted octanol–water partition coefficient (Wildman–Crippen LogP) is 2.73. The summed E-state index contributed by atoms with van der Waals surface area (Å²) in [6.45, 7) is 7.51. The quantitative estimate of drug-likeness (QED) is 0.738. The van der Waals surface area contributed by atoms with E-state index in [1.165, 1.54) is 6.07 Å². The zero-order valence-electron chi connectivity index (χ0n) is 12.3. The Morgan fingerprint density at radius 2 is 2.10 bits per heavy atom. The lowest BCUT2D eigenvalue weighted by atomic mass is 10.0. The Hall–Kier alpha value is -1.79. The van der Waals surface area contributed by atoms with E-state index in [9.17, 15) is 9.90 Å². The molecule has 0 saturated heterocycles. The van der Waals surface area contributed by atoms with Gasteiger partial charge >= 0.3 is 6.09 Å². The number of nitrogens with two attached hydrogens (primary N) is 1. The molecular weight excluding hydrogens is 260 g/mol. The van der Waals surface area contributed by atoms with E-state index in [2.05, 4.69) is 10.2 Å². The molecule has 20 heavy (non-hydrogen) atoms. The van der Waals surface area contributed by atoms with E-state index in [4.69, 9.17) is 10.6 Å². The van der Waals surface area contributed by atoms with E-state index in [0.717, 1.165) is 0 Å². The average Bonchev–Trinajstić information content (AvgIpc) is 2.26. The van der Waals surface area contributed by atoms with Crippen molar-refractivity contribution in [3.8, 4) is 5.75 Å². The van der Waals surface area contributed by atoms with Crippen LogP contribution in [0.4, 0.5) is 10.5 Å². The van der Waals surface area contributed by atoms with Gasteiger partial charge in [-0.3, -0.25) is 5.32 Å².